The van der Waals surface area contributed by atoms with Crippen LogP contribution in [0.25, 0.3) is 11.3 Å². The Labute approximate surface area is 175 Å². The molecule has 1 fully saturated rings. The van der Waals surface area contributed by atoms with Crippen LogP contribution in [-0.2, 0) is 20.9 Å². The van der Waals surface area contributed by atoms with Crippen molar-refractivity contribution in [3.05, 3.63) is 34.4 Å². The van der Waals surface area contributed by atoms with Crippen LogP contribution in [-0.4, -0.2) is 53.0 Å². The number of nitrogens with one attached hydrogen (secondary N) is 1. The first-order valence-electron chi connectivity index (χ1n) is 9.98. The second-order valence-corrected chi connectivity index (χ2v) is 8.32. The number of hydrogen-bond acceptors (Lipinski definition) is 6. The summed E-state index contributed by atoms with van der Waals surface area (Å²) in [4.78, 5) is 35.6. The predicted octanol–water partition coefficient (Wildman–Crippen LogP) is 2.65. The normalized spacial score (nSPS) is 19.2. The second-order valence-electron chi connectivity index (χ2n) is 7.38. The van der Waals surface area contributed by atoms with Gasteiger partial charge in [0.05, 0.1) is 18.2 Å². The number of ether oxygens (including phenoxy) is 1. The molecule has 0 aliphatic carbocycles. The van der Waals surface area contributed by atoms with Crippen LogP contribution in [0.5, 0.6) is 0 Å². The summed E-state index contributed by atoms with van der Waals surface area (Å²) >= 11 is 1.52. The molecule has 3 heterocycles. The summed E-state index contributed by atoms with van der Waals surface area (Å²) in [6.45, 7) is 7.97. The van der Waals surface area contributed by atoms with Gasteiger partial charge < -0.3 is 15.0 Å². The number of carbonyl (C=O) groups is 2. The van der Waals surface area contributed by atoms with Crippen LogP contribution in [0, 0.1) is 18.8 Å². The number of piperidine rings is 1. The number of carbonyl (C=O) groups excluding carboxylic acids is 2. The van der Waals surface area contributed by atoms with Crippen molar-refractivity contribution in [3.8, 4) is 11.3 Å². The molecule has 3 rings (SSSR count). The number of likely N-dealkylation sites (tertiary alicyclic amines) is 1. The first-order valence-corrected chi connectivity index (χ1v) is 10.9. The van der Waals surface area contributed by atoms with Crippen LogP contribution >= 0.6 is 11.3 Å². The zero-order valence-electron chi connectivity index (χ0n) is 17.2. The van der Waals surface area contributed by atoms with Gasteiger partial charge in [-0.15, -0.1) is 11.3 Å². The van der Waals surface area contributed by atoms with E-state index >= 15 is 0 Å². The third-order valence-corrected chi connectivity index (χ3v) is 6.10. The molecular formula is C21H28N4O3S. The van der Waals surface area contributed by atoms with Crippen LogP contribution in [0.4, 0.5) is 0 Å². The molecule has 8 heteroatoms. The molecule has 1 N–H and O–H groups in total. The molecule has 29 heavy (non-hydrogen) atoms. The summed E-state index contributed by atoms with van der Waals surface area (Å²) in [7, 11) is 0. The van der Waals surface area contributed by atoms with E-state index in [2.05, 4.69) is 22.2 Å². The fourth-order valence-corrected chi connectivity index (χ4v) is 4.10. The number of aryl methyl sites for hydroxylation is 1. The van der Waals surface area contributed by atoms with Crippen LogP contribution in [0.2, 0.25) is 0 Å². The summed E-state index contributed by atoms with van der Waals surface area (Å²) in [6, 6.07) is 3.95. The van der Waals surface area contributed by atoms with Crippen LogP contribution in [0.3, 0.4) is 0 Å². The van der Waals surface area contributed by atoms with Gasteiger partial charge in [0, 0.05) is 42.5 Å². The van der Waals surface area contributed by atoms with Crippen molar-refractivity contribution in [1.82, 2.24) is 20.2 Å². The molecule has 0 bridgehead atoms. The molecule has 0 spiro atoms. The molecule has 2 aromatic rings. The highest BCUT2D eigenvalue weighted by Crippen LogP contribution is 2.25. The Morgan fingerprint density at radius 3 is 2.93 bits per heavy atom. The van der Waals surface area contributed by atoms with Crippen molar-refractivity contribution in [3.63, 3.8) is 0 Å². The standard InChI is InChI=1S/C21H28N4O3S/c1-4-28-12-20(26)25-8-7-14(2)17(11-25)21(27)23-10-19-24-18(13-29-19)16-6-5-15(3)22-9-16/h5-6,9,13-14,17H,4,7-8,10-12H2,1-3H3,(H,23,27)/t14-,17+/m0/s1. The molecule has 1 aliphatic rings. The zero-order valence-corrected chi connectivity index (χ0v) is 18.0. The second kappa shape index (κ2) is 9.93. The summed E-state index contributed by atoms with van der Waals surface area (Å²) in [5.41, 5.74) is 2.80. The highest BCUT2D eigenvalue weighted by molar-refractivity contribution is 7.09. The first kappa shape index (κ1) is 21.4. The van der Waals surface area contributed by atoms with E-state index in [4.69, 9.17) is 4.74 Å². The smallest absolute Gasteiger partial charge is 0.248 e. The van der Waals surface area contributed by atoms with E-state index in [-0.39, 0.29) is 30.3 Å². The lowest BCUT2D eigenvalue weighted by Gasteiger charge is -2.36. The molecule has 0 unspecified atom stereocenters. The molecule has 1 saturated heterocycles. The van der Waals surface area contributed by atoms with E-state index in [1.807, 2.05) is 37.6 Å². The average molecular weight is 417 g/mol. The maximum atomic E-state index is 12.8. The van der Waals surface area contributed by atoms with Crippen molar-refractivity contribution in [1.29, 1.82) is 0 Å². The van der Waals surface area contributed by atoms with E-state index in [1.54, 1.807) is 4.90 Å². The summed E-state index contributed by atoms with van der Waals surface area (Å²) in [5.74, 6) is -0.0559. The maximum absolute atomic E-state index is 12.8. The Balaban J connectivity index is 1.55. The lowest BCUT2D eigenvalue weighted by Crippen LogP contribution is -2.49. The van der Waals surface area contributed by atoms with Gasteiger partial charge in [0.1, 0.15) is 11.6 Å². The number of aromatic nitrogens is 2. The van der Waals surface area contributed by atoms with Crippen molar-refractivity contribution >= 4 is 23.2 Å². The van der Waals surface area contributed by atoms with Gasteiger partial charge in [-0.3, -0.25) is 14.6 Å². The van der Waals surface area contributed by atoms with Gasteiger partial charge in [-0.05, 0) is 38.3 Å². The van der Waals surface area contributed by atoms with Crippen LogP contribution in [0.1, 0.15) is 31.0 Å². The monoisotopic (exact) mass is 416 g/mol. The van der Waals surface area contributed by atoms with Gasteiger partial charge >= 0.3 is 0 Å². The van der Waals surface area contributed by atoms with Crippen molar-refractivity contribution < 1.29 is 14.3 Å². The molecule has 2 amide bonds. The number of pyridine rings is 1. The summed E-state index contributed by atoms with van der Waals surface area (Å²) < 4.78 is 5.22. The van der Waals surface area contributed by atoms with Crippen molar-refractivity contribution in [2.45, 2.75) is 33.7 Å². The van der Waals surface area contributed by atoms with E-state index in [0.717, 1.165) is 28.4 Å². The first-order chi connectivity index (χ1) is 14.0. The molecular weight excluding hydrogens is 388 g/mol. The Hall–Kier alpha value is -2.32. The average Bonchev–Trinajstić information content (AvgIpc) is 3.20. The number of amides is 2. The fraction of sp³-hybridized carbons (Fsp3) is 0.524. The Bertz CT molecular complexity index is 837. The number of thiazole rings is 1. The molecule has 0 aromatic carbocycles. The zero-order chi connectivity index (χ0) is 20.8. The van der Waals surface area contributed by atoms with E-state index < -0.39 is 0 Å². The van der Waals surface area contributed by atoms with Gasteiger partial charge in [0.25, 0.3) is 0 Å². The minimum Gasteiger partial charge on any atom is -0.372 e. The molecule has 0 saturated carbocycles. The van der Waals surface area contributed by atoms with Gasteiger partial charge in [0.15, 0.2) is 0 Å². The topological polar surface area (TPSA) is 84.4 Å². The number of rotatable bonds is 7. The number of nitrogens with zero attached hydrogens (tertiary/aromatic N) is 3. The van der Waals surface area contributed by atoms with E-state index in [9.17, 15) is 9.59 Å². The molecule has 2 aromatic heterocycles. The largest absolute Gasteiger partial charge is 0.372 e. The van der Waals surface area contributed by atoms with Gasteiger partial charge in [-0.2, -0.15) is 0 Å². The highest BCUT2D eigenvalue weighted by Gasteiger charge is 2.33. The van der Waals surface area contributed by atoms with Crippen LogP contribution < -0.4 is 5.32 Å². The van der Waals surface area contributed by atoms with Crippen molar-refractivity contribution in [2.75, 3.05) is 26.3 Å². The Kier molecular flexibility index (Phi) is 7.33. The molecule has 0 radical (unpaired) electrons. The lowest BCUT2D eigenvalue weighted by atomic mass is 9.86. The molecule has 2 atom stereocenters. The molecule has 7 nitrogen and oxygen atoms in total. The third-order valence-electron chi connectivity index (χ3n) is 5.25. The predicted molar refractivity (Wildman–Crippen MR) is 112 cm³/mol. The summed E-state index contributed by atoms with van der Waals surface area (Å²) in [6.07, 6.45) is 2.63. The SMILES string of the molecule is CCOCC(=O)N1CC[C@H](C)[C@H](C(=O)NCc2nc(-c3ccc(C)nc3)cs2)C1. The van der Waals surface area contributed by atoms with Gasteiger partial charge in [-0.25, -0.2) is 4.98 Å². The van der Waals surface area contributed by atoms with E-state index in [0.29, 0.717) is 26.2 Å². The molecule has 156 valence electrons. The maximum Gasteiger partial charge on any atom is 0.248 e. The van der Waals surface area contributed by atoms with Gasteiger partial charge in [-0.1, -0.05) is 6.92 Å². The fourth-order valence-electron chi connectivity index (χ4n) is 3.36. The Morgan fingerprint density at radius 2 is 2.21 bits per heavy atom. The third kappa shape index (κ3) is 5.61. The number of hydrogen-bond donors (Lipinski definition) is 1. The summed E-state index contributed by atoms with van der Waals surface area (Å²) in [5, 5.41) is 5.83. The lowest BCUT2D eigenvalue weighted by molar-refractivity contribution is -0.141. The quantitative estimate of drug-likeness (QED) is 0.750. The molecule has 1 aliphatic heterocycles. The van der Waals surface area contributed by atoms with E-state index in [1.165, 1.54) is 11.3 Å². The Morgan fingerprint density at radius 1 is 1.38 bits per heavy atom. The minimum absolute atomic E-state index is 0.0276. The highest BCUT2D eigenvalue weighted by atomic mass is 32.1. The minimum atomic E-state index is -0.213. The van der Waals surface area contributed by atoms with Gasteiger partial charge in [0.2, 0.25) is 11.8 Å². The van der Waals surface area contributed by atoms with Crippen molar-refractivity contribution in [2.24, 2.45) is 11.8 Å². The van der Waals surface area contributed by atoms with Crippen LogP contribution in [0.15, 0.2) is 23.7 Å².